The molecule has 2 heteroatoms. The van der Waals surface area contributed by atoms with E-state index in [1.807, 2.05) is 0 Å². The van der Waals surface area contributed by atoms with E-state index in [-0.39, 0.29) is 0 Å². The minimum Gasteiger partial charge on any atom is -0.494 e. The molecule has 1 aliphatic rings. The van der Waals surface area contributed by atoms with Gasteiger partial charge in [0.2, 0.25) is 0 Å². The Bertz CT molecular complexity index is 635. The highest BCUT2D eigenvalue weighted by molar-refractivity contribution is 5.84. The lowest BCUT2D eigenvalue weighted by Crippen LogP contribution is -2.26. The van der Waals surface area contributed by atoms with Gasteiger partial charge in [-0.3, -0.25) is 0 Å². The van der Waals surface area contributed by atoms with Gasteiger partial charge in [0.25, 0.3) is 0 Å². The summed E-state index contributed by atoms with van der Waals surface area (Å²) in [5.41, 5.74) is 1.39. The fourth-order valence-electron chi connectivity index (χ4n) is 3.35. The highest BCUT2D eigenvalue weighted by Crippen LogP contribution is 2.25. The summed E-state index contributed by atoms with van der Waals surface area (Å²) in [7, 11) is 2.22. The lowest BCUT2D eigenvalue weighted by Gasteiger charge is -2.19. The van der Waals surface area contributed by atoms with Crippen LogP contribution < -0.4 is 4.74 Å². The van der Waals surface area contributed by atoms with Crippen molar-refractivity contribution in [1.29, 1.82) is 0 Å². The quantitative estimate of drug-likeness (QED) is 0.784. The van der Waals surface area contributed by atoms with E-state index in [0.29, 0.717) is 12.0 Å². The third-order valence-corrected chi connectivity index (χ3v) is 4.89. The topological polar surface area (TPSA) is 12.5 Å². The molecule has 0 spiro atoms. The zero-order valence-corrected chi connectivity index (χ0v) is 14.0. The molecule has 118 valence electrons. The van der Waals surface area contributed by atoms with Gasteiger partial charge in [-0.1, -0.05) is 38.1 Å². The monoisotopic (exact) mass is 297 g/mol. The molecule has 0 aromatic heterocycles. The molecule has 1 saturated heterocycles. The SMILES string of the molecule is CC(C)c1ccc2ccc(OCCC3CCCN3C)cc2c1. The van der Waals surface area contributed by atoms with Crippen LogP contribution in [0.15, 0.2) is 36.4 Å². The van der Waals surface area contributed by atoms with E-state index >= 15 is 0 Å². The van der Waals surface area contributed by atoms with Gasteiger partial charge in [0, 0.05) is 6.04 Å². The predicted molar refractivity (Wildman–Crippen MR) is 93.8 cm³/mol. The van der Waals surface area contributed by atoms with Crippen LogP contribution in [0.5, 0.6) is 5.75 Å². The molecule has 2 aromatic carbocycles. The Balaban J connectivity index is 1.66. The summed E-state index contributed by atoms with van der Waals surface area (Å²) >= 11 is 0. The fourth-order valence-corrected chi connectivity index (χ4v) is 3.35. The van der Waals surface area contributed by atoms with Gasteiger partial charge >= 0.3 is 0 Å². The van der Waals surface area contributed by atoms with Crippen LogP contribution >= 0.6 is 0 Å². The average molecular weight is 297 g/mol. The maximum atomic E-state index is 6.00. The van der Waals surface area contributed by atoms with Crippen molar-refractivity contribution in [2.45, 2.75) is 45.1 Å². The molecule has 1 atom stereocenters. The molecule has 2 nitrogen and oxygen atoms in total. The van der Waals surface area contributed by atoms with Gasteiger partial charge < -0.3 is 9.64 Å². The maximum absolute atomic E-state index is 6.00. The van der Waals surface area contributed by atoms with Crippen molar-refractivity contribution in [1.82, 2.24) is 4.90 Å². The molecule has 1 aliphatic heterocycles. The average Bonchev–Trinajstić information content (AvgIpc) is 2.92. The summed E-state index contributed by atoms with van der Waals surface area (Å²) < 4.78 is 6.00. The Kier molecular flexibility index (Phi) is 4.68. The highest BCUT2D eigenvalue weighted by atomic mass is 16.5. The van der Waals surface area contributed by atoms with Gasteiger partial charge in [0.1, 0.15) is 5.75 Å². The molecule has 0 amide bonds. The minimum absolute atomic E-state index is 0.562. The van der Waals surface area contributed by atoms with E-state index in [9.17, 15) is 0 Å². The molecule has 2 aromatic rings. The third kappa shape index (κ3) is 3.44. The number of benzene rings is 2. The van der Waals surface area contributed by atoms with Crippen LogP contribution in [-0.2, 0) is 0 Å². The lowest BCUT2D eigenvalue weighted by molar-refractivity contribution is 0.233. The van der Waals surface area contributed by atoms with Crippen LogP contribution in [0.4, 0.5) is 0 Å². The number of nitrogens with zero attached hydrogens (tertiary/aromatic N) is 1. The van der Waals surface area contributed by atoms with Crippen molar-refractivity contribution in [3.63, 3.8) is 0 Å². The van der Waals surface area contributed by atoms with Gasteiger partial charge in [-0.2, -0.15) is 0 Å². The van der Waals surface area contributed by atoms with Crippen LogP contribution in [0.1, 0.15) is 44.6 Å². The number of hydrogen-bond donors (Lipinski definition) is 0. The van der Waals surface area contributed by atoms with Gasteiger partial charge in [0.05, 0.1) is 6.61 Å². The van der Waals surface area contributed by atoms with Crippen molar-refractivity contribution >= 4 is 10.8 Å². The molecular weight excluding hydrogens is 270 g/mol. The van der Waals surface area contributed by atoms with Crippen LogP contribution in [0.2, 0.25) is 0 Å². The Labute approximate surface area is 134 Å². The largest absolute Gasteiger partial charge is 0.494 e. The normalized spacial score (nSPS) is 19.2. The first-order valence-corrected chi connectivity index (χ1v) is 8.50. The number of hydrogen-bond acceptors (Lipinski definition) is 2. The van der Waals surface area contributed by atoms with E-state index in [1.165, 1.54) is 35.7 Å². The van der Waals surface area contributed by atoms with Gasteiger partial charge in [-0.15, -0.1) is 0 Å². The summed E-state index contributed by atoms with van der Waals surface area (Å²) in [5, 5.41) is 2.56. The van der Waals surface area contributed by atoms with E-state index in [0.717, 1.165) is 18.8 Å². The number of ether oxygens (including phenoxy) is 1. The number of likely N-dealkylation sites (tertiary alicyclic amines) is 1. The molecule has 1 unspecified atom stereocenters. The van der Waals surface area contributed by atoms with Crippen molar-refractivity contribution in [3.8, 4) is 5.75 Å². The number of fused-ring (bicyclic) bond motifs is 1. The van der Waals surface area contributed by atoms with E-state index in [1.54, 1.807) is 0 Å². The van der Waals surface area contributed by atoms with Crippen LogP contribution in [0.25, 0.3) is 10.8 Å². The molecule has 1 fully saturated rings. The second-order valence-electron chi connectivity index (χ2n) is 6.84. The Morgan fingerprint density at radius 2 is 1.95 bits per heavy atom. The maximum Gasteiger partial charge on any atom is 0.119 e. The minimum atomic E-state index is 0.562. The van der Waals surface area contributed by atoms with Crippen molar-refractivity contribution < 1.29 is 4.74 Å². The van der Waals surface area contributed by atoms with Crippen molar-refractivity contribution in [2.75, 3.05) is 20.2 Å². The zero-order chi connectivity index (χ0) is 15.5. The Morgan fingerprint density at radius 3 is 2.68 bits per heavy atom. The third-order valence-electron chi connectivity index (χ3n) is 4.89. The van der Waals surface area contributed by atoms with E-state index < -0.39 is 0 Å². The first kappa shape index (κ1) is 15.4. The van der Waals surface area contributed by atoms with Crippen LogP contribution in [0, 0.1) is 0 Å². The molecule has 1 heterocycles. The predicted octanol–water partition coefficient (Wildman–Crippen LogP) is 4.83. The molecule has 0 radical (unpaired) electrons. The molecule has 0 saturated carbocycles. The van der Waals surface area contributed by atoms with Crippen LogP contribution in [-0.4, -0.2) is 31.1 Å². The second kappa shape index (κ2) is 6.70. The summed E-state index contributed by atoms with van der Waals surface area (Å²) in [6.07, 6.45) is 3.77. The van der Waals surface area contributed by atoms with Gasteiger partial charge in [0.15, 0.2) is 0 Å². The molecule has 0 bridgehead atoms. The van der Waals surface area contributed by atoms with Crippen molar-refractivity contribution in [3.05, 3.63) is 42.0 Å². The van der Waals surface area contributed by atoms with Gasteiger partial charge in [-0.25, -0.2) is 0 Å². The summed E-state index contributed by atoms with van der Waals surface area (Å²) in [6.45, 7) is 6.52. The lowest BCUT2D eigenvalue weighted by atomic mass is 9.99. The van der Waals surface area contributed by atoms with E-state index in [4.69, 9.17) is 4.74 Å². The molecule has 22 heavy (non-hydrogen) atoms. The fraction of sp³-hybridized carbons (Fsp3) is 0.500. The summed E-state index contributed by atoms with van der Waals surface area (Å²) in [4.78, 5) is 2.46. The summed E-state index contributed by atoms with van der Waals surface area (Å²) in [6, 6.07) is 13.9. The Hall–Kier alpha value is -1.54. The molecule has 0 N–H and O–H groups in total. The van der Waals surface area contributed by atoms with E-state index in [2.05, 4.69) is 62.2 Å². The summed E-state index contributed by atoms with van der Waals surface area (Å²) in [5.74, 6) is 1.56. The Morgan fingerprint density at radius 1 is 1.14 bits per heavy atom. The van der Waals surface area contributed by atoms with Crippen molar-refractivity contribution in [2.24, 2.45) is 0 Å². The first-order chi connectivity index (χ1) is 10.6. The first-order valence-electron chi connectivity index (χ1n) is 8.50. The zero-order valence-electron chi connectivity index (χ0n) is 14.0. The highest BCUT2D eigenvalue weighted by Gasteiger charge is 2.20. The van der Waals surface area contributed by atoms with Crippen LogP contribution in [0.3, 0.4) is 0 Å². The second-order valence-corrected chi connectivity index (χ2v) is 6.84. The molecule has 3 rings (SSSR count). The molecule has 0 aliphatic carbocycles. The smallest absolute Gasteiger partial charge is 0.119 e. The molecular formula is C20H27NO. The van der Waals surface area contributed by atoms with Gasteiger partial charge in [-0.05, 0) is 67.2 Å². The standard InChI is InChI=1S/C20H27NO/c1-15(2)17-7-6-16-8-9-20(14-18(16)13-17)22-12-10-19-5-4-11-21(19)3/h6-9,13-15,19H,4-5,10-12H2,1-3H3. The number of rotatable bonds is 5.